The van der Waals surface area contributed by atoms with Crippen molar-refractivity contribution in [3.05, 3.63) is 89.0 Å². The van der Waals surface area contributed by atoms with Gasteiger partial charge in [-0.2, -0.15) is 5.10 Å². The summed E-state index contributed by atoms with van der Waals surface area (Å²) in [5.41, 5.74) is 2.70. The molecule has 4 aromatic rings. The molecule has 1 aromatic carbocycles. The van der Waals surface area contributed by atoms with Crippen LogP contribution in [0.3, 0.4) is 0 Å². The summed E-state index contributed by atoms with van der Waals surface area (Å²) in [6, 6.07) is 17.5. The minimum atomic E-state index is -0.408. The number of fused-ring (bicyclic) bond motifs is 1. The van der Waals surface area contributed by atoms with E-state index in [2.05, 4.69) is 10.4 Å². The van der Waals surface area contributed by atoms with Gasteiger partial charge in [0.15, 0.2) is 0 Å². The molecule has 162 valence electrons. The van der Waals surface area contributed by atoms with E-state index in [4.69, 9.17) is 9.47 Å². The maximum atomic E-state index is 12.9. The fourth-order valence-corrected chi connectivity index (χ4v) is 3.95. The van der Waals surface area contributed by atoms with E-state index in [1.807, 2.05) is 59.1 Å². The third-order valence-electron chi connectivity index (χ3n) is 5.64. The number of rotatable bonds is 5. The van der Waals surface area contributed by atoms with Crippen molar-refractivity contribution in [1.82, 2.24) is 19.5 Å². The molecule has 5 rings (SSSR count). The van der Waals surface area contributed by atoms with Crippen LogP contribution in [0, 0.1) is 0 Å². The predicted molar refractivity (Wildman–Crippen MR) is 119 cm³/mol. The maximum absolute atomic E-state index is 12.9. The number of hydrogen-bond donors (Lipinski definition) is 1. The molecule has 0 spiro atoms. The molecule has 32 heavy (non-hydrogen) atoms. The van der Waals surface area contributed by atoms with Crippen molar-refractivity contribution in [3.63, 3.8) is 0 Å². The molecule has 0 bridgehead atoms. The molecule has 3 aromatic heterocycles. The normalized spacial score (nSPS) is 18.0. The summed E-state index contributed by atoms with van der Waals surface area (Å²) in [7, 11) is 1.60. The summed E-state index contributed by atoms with van der Waals surface area (Å²) in [4.78, 5) is 25.5. The highest BCUT2D eigenvalue weighted by Crippen LogP contribution is 2.23. The lowest BCUT2D eigenvalue weighted by atomic mass is 10.1. The molecule has 4 heterocycles. The molecule has 2 atom stereocenters. The van der Waals surface area contributed by atoms with Gasteiger partial charge in [0.05, 0.1) is 37.6 Å². The van der Waals surface area contributed by atoms with Crippen LogP contribution in [0.5, 0.6) is 5.75 Å². The van der Waals surface area contributed by atoms with Gasteiger partial charge in [0, 0.05) is 29.5 Å². The molecule has 0 saturated carbocycles. The van der Waals surface area contributed by atoms with Crippen LogP contribution in [0.4, 0.5) is 0 Å². The summed E-state index contributed by atoms with van der Waals surface area (Å²) in [5, 5.41) is 7.59. The summed E-state index contributed by atoms with van der Waals surface area (Å²) in [6.45, 7) is 0.596. The van der Waals surface area contributed by atoms with E-state index in [-0.39, 0.29) is 24.1 Å². The first-order chi connectivity index (χ1) is 15.6. The zero-order valence-corrected chi connectivity index (χ0v) is 17.5. The number of carbonyl (C=O) groups is 1. The van der Waals surface area contributed by atoms with E-state index >= 15 is 0 Å². The zero-order valence-electron chi connectivity index (χ0n) is 17.5. The number of nitrogens with one attached hydrogen (secondary N) is 1. The number of benzene rings is 1. The highest BCUT2D eigenvalue weighted by molar-refractivity contribution is 5.95. The van der Waals surface area contributed by atoms with E-state index in [9.17, 15) is 9.59 Å². The number of methoxy groups -OCH3 is 1. The van der Waals surface area contributed by atoms with Crippen molar-refractivity contribution in [3.8, 4) is 17.0 Å². The second kappa shape index (κ2) is 8.32. The molecule has 2 unspecified atom stereocenters. The minimum absolute atomic E-state index is 0.216. The van der Waals surface area contributed by atoms with Gasteiger partial charge in [0.25, 0.3) is 11.5 Å². The van der Waals surface area contributed by atoms with Gasteiger partial charge in [0.2, 0.25) is 0 Å². The lowest BCUT2D eigenvalue weighted by Crippen LogP contribution is -2.44. The summed E-state index contributed by atoms with van der Waals surface area (Å²) in [6.07, 6.45) is 3.67. The van der Waals surface area contributed by atoms with Crippen LogP contribution in [-0.4, -0.2) is 46.5 Å². The fourth-order valence-electron chi connectivity index (χ4n) is 3.95. The third kappa shape index (κ3) is 3.76. The van der Waals surface area contributed by atoms with Gasteiger partial charge in [0.1, 0.15) is 11.8 Å². The first kappa shape index (κ1) is 20.0. The molecule has 8 heteroatoms. The van der Waals surface area contributed by atoms with Gasteiger partial charge in [-0.1, -0.05) is 18.2 Å². The molecular weight excluding hydrogens is 408 g/mol. The van der Waals surface area contributed by atoms with Crippen LogP contribution < -0.4 is 15.6 Å². The molecule has 1 amide bonds. The van der Waals surface area contributed by atoms with Gasteiger partial charge in [-0.15, -0.1) is 0 Å². The Kier molecular flexibility index (Phi) is 5.20. The monoisotopic (exact) mass is 430 g/mol. The van der Waals surface area contributed by atoms with Crippen molar-refractivity contribution in [2.75, 3.05) is 20.3 Å². The Morgan fingerprint density at radius 1 is 1.12 bits per heavy atom. The van der Waals surface area contributed by atoms with Crippen molar-refractivity contribution in [2.45, 2.75) is 12.1 Å². The Morgan fingerprint density at radius 2 is 2.03 bits per heavy atom. The number of pyridine rings is 1. The molecule has 1 N–H and O–H groups in total. The number of carbonyl (C=O) groups excluding carboxylic acids is 1. The second-order valence-corrected chi connectivity index (χ2v) is 7.68. The number of aromatic nitrogens is 3. The number of nitrogens with zero attached hydrogens (tertiary/aromatic N) is 3. The Bertz CT molecular complexity index is 1310. The summed E-state index contributed by atoms with van der Waals surface area (Å²) < 4.78 is 14.2. The summed E-state index contributed by atoms with van der Waals surface area (Å²) >= 11 is 0. The molecule has 1 saturated heterocycles. The standard InChI is InChI=1S/C24H22N4O4/c1-31-19-7-4-5-16(12-19)20-8-9-23(29)28(26-20)22-15-32-14-21(22)25-24(30)17-11-18-6-2-3-10-27(18)13-17/h2-13,21-22H,14-15H2,1H3,(H,25,30). The number of ether oxygens (including phenoxy) is 2. The van der Waals surface area contributed by atoms with Crippen LogP contribution in [0.2, 0.25) is 0 Å². The van der Waals surface area contributed by atoms with Gasteiger partial charge in [-0.25, -0.2) is 4.68 Å². The van der Waals surface area contributed by atoms with Crippen LogP contribution in [0.1, 0.15) is 16.4 Å². The Labute approximate surface area is 184 Å². The Balaban J connectivity index is 1.41. The number of amides is 1. The molecule has 0 aliphatic carbocycles. The first-order valence-corrected chi connectivity index (χ1v) is 10.3. The molecular formula is C24H22N4O4. The smallest absolute Gasteiger partial charge is 0.267 e. The third-order valence-corrected chi connectivity index (χ3v) is 5.64. The molecule has 1 aliphatic heterocycles. The van der Waals surface area contributed by atoms with Gasteiger partial charge in [-0.3, -0.25) is 9.59 Å². The van der Waals surface area contributed by atoms with Crippen molar-refractivity contribution in [1.29, 1.82) is 0 Å². The molecule has 0 radical (unpaired) electrons. The lowest BCUT2D eigenvalue weighted by Gasteiger charge is -2.20. The van der Waals surface area contributed by atoms with E-state index in [1.54, 1.807) is 19.4 Å². The minimum Gasteiger partial charge on any atom is -0.497 e. The van der Waals surface area contributed by atoms with Crippen LogP contribution >= 0.6 is 0 Å². The van der Waals surface area contributed by atoms with Crippen molar-refractivity contribution < 1.29 is 14.3 Å². The summed E-state index contributed by atoms with van der Waals surface area (Å²) in [5.74, 6) is 0.488. The lowest BCUT2D eigenvalue weighted by molar-refractivity contribution is 0.0925. The average Bonchev–Trinajstić information content (AvgIpc) is 3.46. The quantitative estimate of drug-likeness (QED) is 0.526. The maximum Gasteiger partial charge on any atom is 0.267 e. The van der Waals surface area contributed by atoms with Gasteiger partial charge in [-0.05, 0) is 36.4 Å². The highest BCUT2D eigenvalue weighted by atomic mass is 16.5. The molecule has 1 fully saturated rings. The Hall–Kier alpha value is -3.91. The van der Waals surface area contributed by atoms with E-state index < -0.39 is 6.04 Å². The first-order valence-electron chi connectivity index (χ1n) is 10.3. The zero-order chi connectivity index (χ0) is 22.1. The van der Waals surface area contributed by atoms with Crippen LogP contribution in [-0.2, 0) is 4.74 Å². The highest BCUT2D eigenvalue weighted by Gasteiger charge is 2.33. The fraction of sp³-hybridized carbons (Fsp3) is 0.208. The van der Waals surface area contributed by atoms with Crippen molar-refractivity contribution >= 4 is 11.4 Å². The topological polar surface area (TPSA) is 86.9 Å². The SMILES string of the molecule is COc1cccc(-c2ccc(=O)n(C3COCC3NC(=O)c3cc4ccccn4c3)n2)c1. The van der Waals surface area contributed by atoms with E-state index in [0.29, 0.717) is 23.6 Å². The van der Waals surface area contributed by atoms with Crippen molar-refractivity contribution in [2.24, 2.45) is 0 Å². The second-order valence-electron chi connectivity index (χ2n) is 7.68. The van der Waals surface area contributed by atoms with Gasteiger partial charge >= 0.3 is 0 Å². The average molecular weight is 430 g/mol. The molecule has 8 nitrogen and oxygen atoms in total. The van der Waals surface area contributed by atoms with Crippen LogP contribution in [0.15, 0.2) is 77.9 Å². The van der Waals surface area contributed by atoms with Crippen LogP contribution in [0.25, 0.3) is 16.8 Å². The Morgan fingerprint density at radius 3 is 2.88 bits per heavy atom. The van der Waals surface area contributed by atoms with Gasteiger partial charge < -0.3 is 19.2 Å². The van der Waals surface area contributed by atoms with E-state index in [1.165, 1.54) is 10.7 Å². The largest absolute Gasteiger partial charge is 0.497 e. The van der Waals surface area contributed by atoms with E-state index in [0.717, 1.165) is 11.1 Å². The molecule has 1 aliphatic rings. The number of hydrogen-bond acceptors (Lipinski definition) is 5. The predicted octanol–water partition coefficient (Wildman–Crippen LogP) is 2.54.